The van der Waals surface area contributed by atoms with Crippen molar-refractivity contribution in [3.63, 3.8) is 0 Å². The van der Waals surface area contributed by atoms with E-state index in [1.807, 2.05) is 11.4 Å². The topological polar surface area (TPSA) is 43.1 Å². The molecule has 0 amide bonds. The van der Waals surface area contributed by atoms with Gasteiger partial charge in [-0.2, -0.15) is 0 Å². The Labute approximate surface area is 75.6 Å². The predicted octanol–water partition coefficient (Wildman–Crippen LogP) is 2.76. The fourth-order valence-electron chi connectivity index (χ4n) is 0.563. The molecule has 0 bridgehead atoms. The van der Waals surface area contributed by atoms with E-state index in [1.165, 1.54) is 17.4 Å². The van der Waals surface area contributed by atoms with Gasteiger partial charge >= 0.3 is 0 Å². The largest absolute Gasteiger partial charge is 0.259 e. The van der Waals surface area contributed by atoms with Crippen LogP contribution in [0.1, 0.15) is 5.56 Å². The van der Waals surface area contributed by atoms with Crippen molar-refractivity contribution in [3.05, 3.63) is 37.1 Å². The van der Waals surface area contributed by atoms with E-state index in [0.717, 1.165) is 15.5 Å². The Kier molecular flexibility index (Phi) is 2.78. The van der Waals surface area contributed by atoms with Crippen LogP contribution in [0.3, 0.4) is 0 Å². The smallest absolute Gasteiger partial charge is 0.235 e. The molecular formula is C6H4BrNO2S. The highest BCUT2D eigenvalue weighted by atomic mass is 79.9. The van der Waals surface area contributed by atoms with E-state index in [2.05, 4.69) is 15.9 Å². The Hall–Kier alpha value is -0.680. The van der Waals surface area contributed by atoms with Gasteiger partial charge in [0.15, 0.2) is 0 Å². The molecule has 1 aromatic heterocycles. The molecular weight excluding hydrogens is 230 g/mol. The van der Waals surface area contributed by atoms with Gasteiger partial charge in [-0.15, -0.1) is 11.3 Å². The lowest BCUT2D eigenvalue weighted by molar-refractivity contribution is -0.400. The maximum Gasteiger partial charge on any atom is 0.235 e. The standard InChI is InChI=1S/C6H4BrNO2S/c7-6-5(2-4-11-6)1-3-8(9)10/h1-4H/b3-1+. The van der Waals surface area contributed by atoms with Crippen LogP contribution in [0.5, 0.6) is 0 Å². The van der Waals surface area contributed by atoms with Gasteiger partial charge in [-0.05, 0) is 27.4 Å². The maximum atomic E-state index is 9.91. The van der Waals surface area contributed by atoms with Crippen molar-refractivity contribution in [1.29, 1.82) is 0 Å². The van der Waals surface area contributed by atoms with Gasteiger partial charge < -0.3 is 0 Å². The van der Waals surface area contributed by atoms with Gasteiger partial charge in [0.1, 0.15) is 0 Å². The summed E-state index contributed by atoms with van der Waals surface area (Å²) in [4.78, 5) is 9.43. The van der Waals surface area contributed by atoms with Crippen LogP contribution >= 0.6 is 27.3 Å². The third kappa shape index (κ3) is 2.44. The Balaban J connectivity index is 2.79. The van der Waals surface area contributed by atoms with Gasteiger partial charge in [0.2, 0.25) is 6.20 Å². The number of halogens is 1. The molecule has 3 nitrogen and oxygen atoms in total. The van der Waals surface area contributed by atoms with Gasteiger partial charge in [0.05, 0.1) is 8.71 Å². The second-order valence-electron chi connectivity index (χ2n) is 1.75. The molecule has 0 saturated carbocycles. The summed E-state index contributed by atoms with van der Waals surface area (Å²) in [5, 5.41) is 11.8. The fraction of sp³-hybridized carbons (Fsp3) is 0. The predicted molar refractivity (Wildman–Crippen MR) is 48.0 cm³/mol. The van der Waals surface area contributed by atoms with Crippen molar-refractivity contribution in [2.45, 2.75) is 0 Å². The lowest BCUT2D eigenvalue weighted by Crippen LogP contribution is -1.81. The Morgan fingerprint density at radius 1 is 1.73 bits per heavy atom. The second kappa shape index (κ2) is 3.64. The van der Waals surface area contributed by atoms with Crippen molar-refractivity contribution in [2.24, 2.45) is 0 Å². The normalized spacial score (nSPS) is 10.6. The lowest BCUT2D eigenvalue weighted by Gasteiger charge is -1.82. The molecule has 0 aliphatic heterocycles. The summed E-state index contributed by atoms with van der Waals surface area (Å²) >= 11 is 4.76. The van der Waals surface area contributed by atoms with Crippen LogP contribution in [0.25, 0.3) is 6.08 Å². The molecule has 0 fully saturated rings. The number of hydrogen-bond acceptors (Lipinski definition) is 3. The molecule has 0 aliphatic rings. The zero-order valence-electron chi connectivity index (χ0n) is 5.36. The molecule has 1 rings (SSSR count). The molecule has 1 aromatic rings. The van der Waals surface area contributed by atoms with E-state index in [1.54, 1.807) is 0 Å². The van der Waals surface area contributed by atoms with Crippen LogP contribution in [0.2, 0.25) is 0 Å². The van der Waals surface area contributed by atoms with Crippen molar-refractivity contribution >= 4 is 33.3 Å². The molecule has 0 N–H and O–H groups in total. The first-order valence-corrected chi connectivity index (χ1v) is 4.42. The maximum absolute atomic E-state index is 9.91. The van der Waals surface area contributed by atoms with Crippen molar-refractivity contribution < 1.29 is 4.92 Å². The zero-order valence-corrected chi connectivity index (χ0v) is 7.76. The molecule has 0 saturated heterocycles. The van der Waals surface area contributed by atoms with E-state index < -0.39 is 4.92 Å². The first-order valence-electron chi connectivity index (χ1n) is 2.75. The van der Waals surface area contributed by atoms with Gasteiger partial charge in [-0.25, -0.2) is 0 Å². The first kappa shape index (κ1) is 8.42. The summed E-state index contributed by atoms with van der Waals surface area (Å²) in [7, 11) is 0. The highest BCUT2D eigenvalue weighted by Gasteiger charge is 1.96. The molecule has 0 aromatic carbocycles. The summed E-state index contributed by atoms with van der Waals surface area (Å²) in [5.74, 6) is 0. The second-order valence-corrected chi connectivity index (χ2v) is 3.98. The van der Waals surface area contributed by atoms with E-state index in [-0.39, 0.29) is 0 Å². The minimum absolute atomic E-state index is 0.482. The number of nitrogens with zero attached hydrogens (tertiary/aromatic N) is 1. The van der Waals surface area contributed by atoms with Crippen molar-refractivity contribution in [2.75, 3.05) is 0 Å². The van der Waals surface area contributed by atoms with Crippen LogP contribution in [0.15, 0.2) is 21.4 Å². The van der Waals surface area contributed by atoms with Crippen molar-refractivity contribution in [3.8, 4) is 0 Å². The highest BCUT2D eigenvalue weighted by molar-refractivity contribution is 9.11. The Morgan fingerprint density at radius 3 is 2.91 bits per heavy atom. The monoisotopic (exact) mass is 233 g/mol. The third-order valence-corrected chi connectivity index (χ3v) is 2.76. The molecule has 11 heavy (non-hydrogen) atoms. The number of thiophene rings is 1. The van der Waals surface area contributed by atoms with Crippen LogP contribution in [0.4, 0.5) is 0 Å². The average Bonchev–Trinajstić information content (AvgIpc) is 2.31. The molecule has 1 heterocycles. The van der Waals surface area contributed by atoms with Gasteiger partial charge in [-0.1, -0.05) is 0 Å². The molecule has 0 unspecified atom stereocenters. The molecule has 0 aliphatic carbocycles. The Morgan fingerprint density at radius 2 is 2.45 bits per heavy atom. The van der Waals surface area contributed by atoms with E-state index in [9.17, 15) is 10.1 Å². The minimum atomic E-state index is -0.482. The van der Waals surface area contributed by atoms with Crippen LogP contribution in [0, 0.1) is 10.1 Å². The van der Waals surface area contributed by atoms with E-state index >= 15 is 0 Å². The fourth-order valence-corrected chi connectivity index (χ4v) is 1.76. The third-order valence-electron chi connectivity index (χ3n) is 1.02. The summed E-state index contributed by atoms with van der Waals surface area (Å²) in [6.07, 6.45) is 2.38. The van der Waals surface area contributed by atoms with Crippen LogP contribution < -0.4 is 0 Å². The van der Waals surface area contributed by atoms with Gasteiger partial charge in [0.25, 0.3) is 0 Å². The summed E-state index contributed by atoms with van der Waals surface area (Å²) in [6.45, 7) is 0. The molecule has 0 radical (unpaired) electrons. The highest BCUT2D eigenvalue weighted by Crippen LogP contribution is 2.24. The SMILES string of the molecule is O=[N+]([O-])/C=C/c1ccsc1Br. The van der Waals surface area contributed by atoms with Gasteiger partial charge in [0, 0.05) is 11.6 Å². The Bertz CT molecular complexity index is 295. The minimum Gasteiger partial charge on any atom is -0.259 e. The van der Waals surface area contributed by atoms with Crippen LogP contribution in [-0.4, -0.2) is 4.92 Å². The summed E-state index contributed by atoms with van der Waals surface area (Å²) < 4.78 is 0.913. The number of rotatable bonds is 2. The van der Waals surface area contributed by atoms with Gasteiger partial charge in [-0.3, -0.25) is 10.1 Å². The number of hydrogen-bond donors (Lipinski definition) is 0. The number of nitro groups is 1. The molecule has 0 spiro atoms. The molecule has 58 valence electrons. The zero-order chi connectivity index (χ0) is 8.27. The summed E-state index contributed by atoms with van der Waals surface area (Å²) in [6, 6.07) is 1.81. The van der Waals surface area contributed by atoms with Crippen molar-refractivity contribution in [1.82, 2.24) is 0 Å². The average molecular weight is 234 g/mol. The lowest BCUT2D eigenvalue weighted by atomic mass is 10.3. The van der Waals surface area contributed by atoms with E-state index in [4.69, 9.17) is 0 Å². The van der Waals surface area contributed by atoms with E-state index in [0.29, 0.717) is 0 Å². The summed E-state index contributed by atoms with van der Waals surface area (Å²) in [5.41, 5.74) is 0.840. The molecule has 0 atom stereocenters. The van der Waals surface area contributed by atoms with Crippen LogP contribution in [-0.2, 0) is 0 Å². The first-order chi connectivity index (χ1) is 5.20. The molecule has 5 heteroatoms. The quantitative estimate of drug-likeness (QED) is 0.583.